The number of carboxylic acid groups (broad SMARTS) is 1. The van der Waals surface area contributed by atoms with Crippen LogP contribution >= 0.6 is 34.0 Å². The summed E-state index contributed by atoms with van der Waals surface area (Å²) < 4.78 is 7.18. The van der Waals surface area contributed by atoms with Crippen molar-refractivity contribution in [3.8, 4) is 11.8 Å². The number of hydrogen-bond donors (Lipinski definition) is 1. The maximum Gasteiger partial charge on any atom is 0.346 e. The molecule has 0 aliphatic carbocycles. The molecule has 0 bridgehead atoms. The van der Waals surface area contributed by atoms with Crippen LogP contribution in [0.4, 0.5) is 0 Å². The highest BCUT2D eigenvalue weighted by Gasteiger charge is 2.17. The molecule has 3 aromatic carbocycles. The fourth-order valence-corrected chi connectivity index (χ4v) is 12.3. The van der Waals surface area contributed by atoms with Crippen molar-refractivity contribution in [2.45, 2.75) is 106 Å². The Morgan fingerprint density at radius 2 is 1.30 bits per heavy atom. The van der Waals surface area contributed by atoms with Crippen molar-refractivity contribution >= 4 is 97.8 Å². The van der Waals surface area contributed by atoms with Gasteiger partial charge in [0.25, 0.3) is 0 Å². The van der Waals surface area contributed by atoms with Crippen LogP contribution in [0.2, 0.25) is 0 Å². The Bertz CT molecular complexity index is 2860. The van der Waals surface area contributed by atoms with E-state index in [1.165, 1.54) is 143 Å². The highest BCUT2D eigenvalue weighted by atomic mass is 32.1. The van der Waals surface area contributed by atoms with Gasteiger partial charge in [-0.3, -0.25) is 0 Å². The van der Waals surface area contributed by atoms with Gasteiger partial charge in [-0.15, -0.1) is 34.0 Å². The lowest BCUT2D eigenvalue weighted by atomic mass is 9.91. The molecule has 61 heavy (non-hydrogen) atoms. The molecule has 7 rings (SSSR count). The molecule has 0 spiro atoms. The number of unbranched alkanes of at least 4 members (excludes halogenated alkanes) is 6. The van der Waals surface area contributed by atoms with Crippen LogP contribution in [0.3, 0.4) is 0 Å². The largest absolute Gasteiger partial charge is 0.477 e. The monoisotopic (exact) mass is 860 g/mol. The molecular formula is C54H56N2O2S3. The molecule has 0 aliphatic rings. The van der Waals surface area contributed by atoms with Crippen LogP contribution in [0.25, 0.3) is 63.5 Å². The van der Waals surface area contributed by atoms with Gasteiger partial charge in [-0.2, -0.15) is 5.26 Å². The third-order valence-corrected chi connectivity index (χ3v) is 15.8. The number of para-hydroxylation sites is 2. The fourth-order valence-electron chi connectivity index (χ4n) is 8.33. The molecule has 0 saturated heterocycles. The Morgan fingerprint density at radius 1 is 0.705 bits per heavy atom. The minimum atomic E-state index is -1.20. The number of fused-ring (bicyclic) bond motifs is 6. The molecule has 312 valence electrons. The number of benzene rings is 3. The molecule has 0 amide bonds. The molecule has 7 aromatic rings. The summed E-state index contributed by atoms with van der Waals surface area (Å²) in [6, 6.07) is 32.7. The van der Waals surface area contributed by atoms with E-state index in [2.05, 4.69) is 137 Å². The second kappa shape index (κ2) is 20.1. The highest BCUT2D eigenvalue weighted by Crippen LogP contribution is 2.46. The van der Waals surface area contributed by atoms with E-state index in [1.54, 1.807) is 28.7 Å². The lowest BCUT2D eigenvalue weighted by Crippen LogP contribution is -1.96. The molecule has 0 unspecified atom stereocenters. The van der Waals surface area contributed by atoms with Gasteiger partial charge in [-0.05, 0) is 135 Å². The van der Waals surface area contributed by atoms with E-state index in [9.17, 15) is 15.2 Å². The summed E-state index contributed by atoms with van der Waals surface area (Å²) in [5.74, 6) is -1.20. The van der Waals surface area contributed by atoms with Gasteiger partial charge in [0.2, 0.25) is 0 Å². The zero-order chi connectivity index (χ0) is 43.0. The van der Waals surface area contributed by atoms with Crippen molar-refractivity contribution in [2.24, 2.45) is 0 Å². The minimum Gasteiger partial charge on any atom is -0.477 e. The number of carbonyl (C=O) groups is 1. The highest BCUT2D eigenvalue weighted by molar-refractivity contribution is 7.38. The summed E-state index contributed by atoms with van der Waals surface area (Å²) >= 11 is 5.11. The summed E-state index contributed by atoms with van der Waals surface area (Å²) in [7, 11) is 0. The first-order valence-corrected chi connectivity index (χ1v) is 24.2. The van der Waals surface area contributed by atoms with Crippen molar-refractivity contribution in [1.29, 1.82) is 5.26 Å². The van der Waals surface area contributed by atoms with Gasteiger partial charge in [0, 0.05) is 35.6 Å². The molecule has 4 aromatic heterocycles. The van der Waals surface area contributed by atoms with Crippen LogP contribution in [0.15, 0.2) is 125 Å². The minimum absolute atomic E-state index is 0.242. The first kappa shape index (κ1) is 43.8. The molecule has 0 saturated carbocycles. The number of nitriles is 1. The van der Waals surface area contributed by atoms with Crippen LogP contribution < -0.4 is 0 Å². The Hall–Kier alpha value is -5.26. The summed E-state index contributed by atoms with van der Waals surface area (Å²) in [5.41, 5.74) is 12.8. The van der Waals surface area contributed by atoms with Gasteiger partial charge < -0.3 is 9.67 Å². The SMILES string of the molecule is CCCCCCC(/C=C(\C)c1cc2sc3cc(/C=C(/C#N)C(=O)O)sc3c2s1)=C(C)\C(C)=C\C(CCCCCC)=C(/C)c1ccc(-n2c3ccccc3c3ccccc32)cc1. The van der Waals surface area contributed by atoms with Crippen molar-refractivity contribution in [2.75, 3.05) is 0 Å². The fraction of sp³-hybridized carbons (Fsp3) is 0.296. The number of allylic oxidation sites excluding steroid dienone is 8. The summed E-state index contributed by atoms with van der Waals surface area (Å²) in [4.78, 5) is 13.5. The van der Waals surface area contributed by atoms with Crippen LogP contribution in [0, 0.1) is 11.3 Å². The third-order valence-electron chi connectivity index (χ3n) is 11.9. The smallest absolute Gasteiger partial charge is 0.346 e. The number of hydrogen-bond acceptors (Lipinski definition) is 5. The van der Waals surface area contributed by atoms with Crippen LogP contribution in [0.5, 0.6) is 0 Å². The summed E-state index contributed by atoms with van der Waals surface area (Å²) in [6.45, 7) is 13.7. The quantitative estimate of drug-likeness (QED) is 0.0404. The van der Waals surface area contributed by atoms with Crippen LogP contribution in [-0.2, 0) is 4.79 Å². The van der Waals surface area contributed by atoms with Gasteiger partial charge in [-0.1, -0.05) is 113 Å². The van der Waals surface area contributed by atoms with Gasteiger partial charge in [0.1, 0.15) is 11.6 Å². The number of thiophene rings is 3. The normalized spacial score (nSPS) is 13.7. The lowest BCUT2D eigenvalue weighted by molar-refractivity contribution is -0.132. The van der Waals surface area contributed by atoms with E-state index in [0.29, 0.717) is 0 Å². The number of aromatic nitrogens is 1. The molecule has 1 N–H and O–H groups in total. The topological polar surface area (TPSA) is 66.0 Å². The second-order valence-electron chi connectivity index (χ2n) is 16.2. The lowest BCUT2D eigenvalue weighted by Gasteiger charge is -2.15. The first-order valence-electron chi connectivity index (χ1n) is 21.8. The number of aliphatic carboxylic acids is 1. The first-order chi connectivity index (χ1) is 29.6. The van der Waals surface area contributed by atoms with E-state index in [4.69, 9.17) is 0 Å². The van der Waals surface area contributed by atoms with Gasteiger partial charge >= 0.3 is 5.97 Å². The molecule has 4 heterocycles. The van der Waals surface area contributed by atoms with E-state index >= 15 is 0 Å². The molecule has 0 radical (unpaired) electrons. The Morgan fingerprint density at radius 3 is 1.90 bits per heavy atom. The van der Waals surface area contributed by atoms with E-state index in [1.807, 2.05) is 17.4 Å². The zero-order valence-electron chi connectivity index (χ0n) is 36.4. The number of rotatable bonds is 18. The van der Waals surface area contributed by atoms with Crippen molar-refractivity contribution < 1.29 is 9.90 Å². The summed E-state index contributed by atoms with van der Waals surface area (Å²) in [6.07, 6.45) is 18.3. The molecule has 0 atom stereocenters. The molecule has 0 aliphatic heterocycles. The average Bonchev–Trinajstić information content (AvgIpc) is 4.03. The number of carboxylic acids is 1. The van der Waals surface area contributed by atoms with Crippen molar-refractivity contribution in [3.63, 3.8) is 0 Å². The Balaban J connectivity index is 1.23. The maximum atomic E-state index is 11.5. The zero-order valence-corrected chi connectivity index (χ0v) is 38.8. The Kier molecular flexibility index (Phi) is 14.4. The molecule has 4 nitrogen and oxygen atoms in total. The van der Waals surface area contributed by atoms with E-state index in [-0.39, 0.29) is 5.57 Å². The summed E-state index contributed by atoms with van der Waals surface area (Å²) in [5, 5.41) is 21.2. The van der Waals surface area contributed by atoms with Crippen LogP contribution in [-0.4, -0.2) is 15.6 Å². The number of nitrogens with zero attached hydrogens (tertiary/aromatic N) is 2. The van der Waals surface area contributed by atoms with Gasteiger partial charge in [-0.25, -0.2) is 4.79 Å². The maximum absolute atomic E-state index is 11.5. The van der Waals surface area contributed by atoms with E-state index < -0.39 is 5.97 Å². The second-order valence-corrected chi connectivity index (χ2v) is 19.4. The molecule has 0 fully saturated rings. The Labute approximate surface area is 373 Å². The van der Waals surface area contributed by atoms with E-state index in [0.717, 1.165) is 22.4 Å². The molecule has 7 heteroatoms. The van der Waals surface area contributed by atoms with Crippen LogP contribution in [0.1, 0.15) is 121 Å². The predicted molar refractivity (Wildman–Crippen MR) is 267 cm³/mol. The third kappa shape index (κ3) is 9.79. The van der Waals surface area contributed by atoms with Crippen molar-refractivity contribution in [3.05, 3.63) is 140 Å². The predicted octanol–water partition coefficient (Wildman–Crippen LogP) is 17.3. The van der Waals surface area contributed by atoms with Gasteiger partial charge in [0.05, 0.1) is 20.4 Å². The van der Waals surface area contributed by atoms with Crippen molar-refractivity contribution in [1.82, 2.24) is 4.57 Å². The average molecular weight is 861 g/mol. The molecular weight excluding hydrogens is 805 g/mol. The standard InChI is InChI=1S/C54H56N2O2S3/c1-7-9-11-13-19-40(30-36(4)49-33-51-53(61-49)52-50(60-51)32-44(59-52)31-42(34-55)54(57)58)37(5)35(3)29-41(20-14-12-10-8-2)38(6)39-25-27-43(28-26-39)56-47-23-17-15-21-45(47)46-22-16-18-24-48(46)56/h15-18,21-33H,7-14,19-20H2,1-6H3,(H,57,58)/b35-29+,36-30+,40-37+,41-38+,42-31-. The van der Waals surface area contributed by atoms with Gasteiger partial charge in [0.15, 0.2) is 0 Å².